The number of hydrogen-bond acceptors (Lipinski definition) is 3. The molecule has 1 unspecified atom stereocenters. The zero-order chi connectivity index (χ0) is 12.6. The van der Waals surface area contributed by atoms with Gasteiger partial charge in [-0.15, -0.1) is 0 Å². The van der Waals surface area contributed by atoms with Crippen molar-refractivity contribution in [3.63, 3.8) is 0 Å². The van der Waals surface area contributed by atoms with Crippen LogP contribution in [-0.4, -0.2) is 53.6 Å². The first-order valence-electron chi connectivity index (χ1n) is 5.24. The zero-order valence-electron chi connectivity index (χ0n) is 10.0. The summed E-state index contributed by atoms with van der Waals surface area (Å²) < 4.78 is 0. The highest BCUT2D eigenvalue weighted by Crippen LogP contribution is 2.02. The number of carboxylic acids is 1. The molecule has 0 aromatic rings. The molecule has 2 N–H and O–H groups in total. The van der Waals surface area contributed by atoms with Gasteiger partial charge in [0.15, 0.2) is 0 Å². The third kappa shape index (κ3) is 6.55. The number of likely N-dealkylation sites (N-methyl/N-ethyl adjacent to an activating group) is 1. The van der Waals surface area contributed by atoms with Gasteiger partial charge in [0.25, 0.3) is 0 Å². The van der Waals surface area contributed by atoms with Gasteiger partial charge in [-0.3, -0.25) is 4.79 Å². The van der Waals surface area contributed by atoms with Crippen LogP contribution in [0.15, 0.2) is 0 Å². The molecule has 16 heavy (non-hydrogen) atoms. The van der Waals surface area contributed by atoms with Crippen LogP contribution in [0.3, 0.4) is 0 Å². The Morgan fingerprint density at radius 3 is 2.56 bits per heavy atom. The van der Waals surface area contributed by atoms with E-state index in [4.69, 9.17) is 5.11 Å². The molecule has 0 aliphatic carbocycles. The van der Waals surface area contributed by atoms with E-state index in [-0.39, 0.29) is 12.6 Å². The van der Waals surface area contributed by atoms with E-state index in [9.17, 15) is 9.59 Å². The quantitative estimate of drug-likeness (QED) is 0.708. The van der Waals surface area contributed by atoms with Crippen molar-refractivity contribution < 1.29 is 14.7 Å². The van der Waals surface area contributed by atoms with Gasteiger partial charge in [-0.2, -0.15) is 11.8 Å². The molecule has 94 valence electrons. The summed E-state index contributed by atoms with van der Waals surface area (Å²) in [6, 6.07) is -0.308. The molecule has 6 heteroatoms. The van der Waals surface area contributed by atoms with E-state index in [2.05, 4.69) is 5.32 Å². The normalized spacial score (nSPS) is 11.9. The second kappa shape index (κ2) is 8.27. The van der Waals surface area contributed by atoms with Gasteiger partial charge in [0, 0.05) is 13.1 Å². The first kappa shape index (κ1) is 15.1. The Morgan fingerprint density at radius 1 is 1.50 bits per heavy atom. The molecule has 0 aliphatic heterocycles. The predicted molar refractivity (Wildman–Crippen MR) is 65.8 cm³/mol. The first-order valence-corrected chi connectivity index (χ1v) is 6.64. The molecular weight excluding hydrogens is 228 g/mol. The highest BCUT2D eigenvalue weighted by atomic mass is 32.2. The van der Waals surface area contributed by atoms with Crippen LogP contribution in [0.2, 0.25) is 0 Å². The van der Waals surface area contributed by atoms with Gasteiger partial charge in [0.2, 0.25) is 0 Å². The summed E-state index contributed by atoms with van der Waals surface area (Å²) in [5.74, 6) is 0.377. The van der Waals surface area contributed by atoms with Crippen molar-refractivity contribution in [1.29, 1.82) is 0 Å². The van der Waals surface area contributed by atoms with Crippen molar-refractivity contribution in [2.24, 2.45) is 5.92 Å². The Morgan fingerprint density at radius 2 is 2.12 bits per heavy atom. The lowest BCUT2D eigenvalue weighted by molar-refractivity contribution is -0.137. The van der Waals surface area contributed by atoms with E-state index >= 15 is 0 Å². The summed E-state index contributed by atoms with van der Waals surface area (Å²) in [5.41, 5.74) is 0. The van der Waals surface area contributed by atoms with Crippen molar-refractivity contribution in [1.82, 2.24) is 10.2 Å². The maximum absolute atomic E-state index is 11.6. The number of thioether (sulfide) groups is 1. The van der Waals surface area contributed by atoms with E-state index in [1.165, 1.54) is 4.90 Å². The molecule has 0 radical (unpaired) electrons. The Labute approximate surface area is 101 Å². The highest BCUT2D eigenvalue weighted by Gasteiger charge is 2.14. The van der Waals surface area contributed by atoms with E-state index in [1.807, 2.05) is 13.2 Å². The smallest absolute Gasteiger partial charge is 0.323 e. The van der Waals surface area contributed by atoms with Crippen LogP contribution in [0.1, 0.15) is 13.8 Å². The van der Waals surface area contributed by atoms with Gasteiger partial charge < -0.3 is 15.3 Å². The highest BCUT2D eigenvalue weighted by molar-refractivity contribution is 7.98. The van der Waals surface area contributed by atoms with Crippen LogP contribution in [-0.2, 0) is 4.79 Å². The number of nitrogens with zero attached hydrogens (tertiary/aromatic N) is 1. The maximum Gasteiger partial charge on any atom is 0.323 e. The zero-order valence-corrected chi connectivity index (χ0v) is 10.8. The number of rotatable bonds is 7. The second-order valence-electron chi connectivity index (χ2n) is 3.65. The first-order chi connectivity index (χ1) is 7.51. The molecule has 0 fully saturated rings. The van der Waals surface area contributed by atoms with Gasteiger partial charge >= 0.3 is 12.0 Å². The third-order valence-corrected chi connectivity index (χ3v) is 2.95. The Bertz CT molecular complexity index is 236. The van der Waals surface area contributed by atoms with Crippen LogP contribution < -0.4 is 5.32 Å². The van der Waals surface area contributed by atoms with Crippen LogP contribution >= 0.6 is 11.8 Å². The van der Waals surface area contributed by atoms with Gasteiger partial charge in [-0.1, -0.05) is 6.92 Å². The Kier molecular flexibility index (Phi) is 7.80. The second-order valence-corrected chi connectivity index (χ2v) is 4.57. The molecule has 1 atom stereocenters. The molecule has 0 saturated heterocycles. The van der Waals surface area contributed by atoms with Crippen LogP contribution in [0.25, 0.3) is 0 Å². The molecule has 2 amide bonds. The molecule has 0 aromatic carbocycles. The SMILES string of the molecule is CCN(CC(=O)O)C(=O)NCC(C)CSC. The molecule has 0 aromatic heterocycles. The Hall–Kier alpha value is -0.910. The summed E-state index contributed by atoms with van der Waals surface area (Å²) in [7, 11) is 0. The number of urea groups is 1. The molecule has 0 aliphatic rings. The molecular formula is C10H20N2O3S. The average molecular weight is 248 g/mol. The molecule has 0 saturated carbocycles. The fraction of sp³-hybridized carbons (Fsp3) is 0.800. The van der Waals surface area contributed by atoms with E-state index in [0.29, 0.717) is 19.0 Å². The summed E-state index contributed by atoms with van der Waals surface area (Å²) in [6.45, 7) is 4.53. The van der Waals surface area contributed by atoms with Crippen LogP contribution in [0.5, 0.6) is 0 Å². The third-order valence-electron chi connectivity index (χ3n) is 2.05. The summed E-state index contributed by atoms with van der Waals surface area (Å²) >= 11 is 1.73. The number of carbonyl (C=O) groups is 2. The van der Waals surface area contributed by atoms with Crippen molar-refractivity contribution in [3.05, 3.63) is 0 Å². The van der Waals surface area contributed by atoms with Gasteiger partial charge in [0.05, 0.1) is 0 Å². The lowest BCUT2D eigenvalue weighted by atomic mass is 10.2. The summed E-state index contributed by atoms with van der Waals surface area (Å²) in [5, 5.41) is 11.3. The van der Waals surface area contributed by atoms with Crippen LogP contribution in [0, 0.1) is 5.92 Å². The van der Waals surface area contributed by atoms with E-state index < -0.39 is 5.97 Å². The topological polar surface area (TPSA) is 69.6 Å². The fourth-order valence-corrected chi connectivity index (χ4v) is 1.89. The van der Waals surface area contributed by atoms with Crippen molar-refractivity contribution in [3.8, 4) is 0 Å². The molecule has 0 bridgehead atoms. The summed E-state index contributed by atoms with van der Waals surface area (Å²) in [4.78, 5) is 23.3. The van der Waals surface area contributed by atoms with E-state index in [1.54, 1.807) is 18.7 Å². The Balaban J connectivity index is 3.97. The minimum Gasteiger partial charge on any atom is -0.480 e. The van der Waals surface area contributed by atoms with Crippen LogP contribution in [0.4, 0.5) is 4.79 Å². The average Bonchev–Trinajstić information content (AvgIpc) is 2.22. The molecule has 5 nitrogen and oxygen atoms in total. The standard InChI is InChI=1S/C10H20N2O3S/c1-4-12(6-9(13)14)10(15)11-5-8(2)7-16-3/h8H,4-7H2,1-3H3,(H,11,15)(H,13,14). The number of aliphatic carboxylic acids is 1. The van der Waals surface area contributed by atoms with E-state index in [0.717, 1.165) is 5.75 Å². The van der Waals surface area contributed by atoms with Gasteiger partial charge in [-0.05, 0) is 24.9 Å². The predicted octanol–water partition coefficient (Wildman–Crippen LogP) is 1.10. The summed E-state index contributed by atoms with van der Waals surface area (Å²) in [6.07, 6.45) is 2.01. The minimum atomic E-state index is -0.992. The van der Waals surface area contributed by atoms with Crippen molar-refractivity contribution in [2.45, 2.75) is 13.8 Å². The molecule has 0 rings (SSSR count). The molecule has 0 heterocycles. The number of carbonyl (C=O) groups excluding carboxylic acids is 1. The minimum absolute atomic E-state index is 0.251. The van der Waals surface area contributed by atoms with Gasteiger partial charge in [-0.25, -0.2) is 4.79 Å². The van der Waals surface area contributed by atoms with Crippen molar-refractivity contribution >= 4 is 23.8 Å². The number of amides is 2. The maximum atomic E-state index is 11.6. The fourth-order valence-electron chi connectivity index (χ4n) is 1.21. The largest absolute Gasteiger partial charge is 0.480 e. The van der Waals surface area contributed by atoms with Gasteiger partial charge in [0.1, 0.15) is 6.54 Å². The number of nitrogens with one attached hydrogen (secondary N) is 1. The van der Waals surface area contributed by atoms with Crippen molar-refractivity contribution in [2.75, 3.05) is 31.6 Å². The monoisotopic (exact) mass is 248 g/mol. The number of carboxylic acid groups (broad SMARTS) is 1. The number of hydrogen-bond donors (Lipinski definition) is 2. The lowest BCUT2D eigenvalue weighted by Gasteiger charge is -2.20. The molecule has 0 spiro atoms. The lowest BCUT2D eigenvalue weighted by Crippen LogP contribution is -2.44.